The molecule has 2 heterocycles. The summed E-state index contributed by atoms with van der Waals surface area (Å²) in [7, 11) is -1.59. The monoisotopic (exact) mass is 360 g/mol. The number of nitrogens with zero attached hydrogens (tertiary/aromatic N) is 2. The summed E-state index contributed by atoms with van der Waals surface area (Å²) < 4.78 is 32.2. The lowest BCUT2D eigenvalue weighted by molar-refractivity contribution is 0.174. The topological polar surface area (TPSA) is 49.9 Å². The van der Waals surface area contributed by atoms with Crippen molar-refractivity contribution < 1.29 is 13.2 Å². The Hall–Kier alpha value is -0.470. The van der Waals surface area contributed by atoms with E-state index in [9.17, 15) is 8.42 Å². The maximum atomic E-state index is 12.8. The quantitative estimate of drug-likeness (QED) is 0.668. The highest BCUT2D eigenvalue weighted by Gasteiger charge is 2.30. The second-order valence-corrected chi connectivity index (χ2v) is 9.44. The van der Waals surface area contributed by atoms with Crippen LogP contribution in [0.3, 0.4) is 0 Å². The van der Waals surface area contributed by atoms with Crippen LogP contribution in [-0.2, 0) is 14.8 Å². The SMILES string of the molecule is COCCCCCN1CCN(S(=O)(=O)c2cc(C)sc2C)CC1. The highest BCUT2D eigenvalue weighted by Crippen LogP contribution is 2.28. The zero-order valence-corrected chi connectivity index (χ0v) is 16.0. The zero-order valence-electron chi connectivity index (χ0n) is 14.4. The summed E-state index contributed by atoms with van der Waals surface area (Å²) >= 11 is 1.55. The molecule has 1 aromatic rings. The van der Waals surface area contributed by atoms with E-state index in [2.05, 4.69) is 4.90 Å². The Bertz CT molecular complexity index is 590. The summed E-state index contributed by atoms with van der Waals surface area (Å²) in [6.07, 6.45) is 3.42. The van der Waals surface area contributed by atoms with E-state index < -0.39 is 10.0 Å². The summed E-state index contributed by atoms with van der Waals surface area (Å²) in [6, 6.07) is 1.80. The Morgan fingerprint density at radius 2 is 1.83 bits per heavy atom. The van der Waals surface area contributed by atoms with Crippen molar-refractivity contribution in [2.24, 2.45) is 0 Å². The Kier molecular flexibility index (Phi) is 7.03. The van der Waals surface area contributed by atoms with Gasteiger partial charge < -0.3 is 9.64 Å². The van der Waals surface area contributed by atoms with Crippen LogP contribution in [0.25, 0.3) is 0 Å². The minimum Gasteiger partial charge on any atom is -0.385 e. The van der Waals surface area contributed by atoms with Crippen LogP contribution in [0.5, 0.6) is 0 Å². The number of hydrogen-bond donors (Lipinski definition) is 0. The second kappa shape index (κ2) is 8.58. The van der Waals surface area contributed by atoms with E-state index in [4.69, 9.17) is 4.74 Å². The van der Waals surface area contributed by atoms with Crippen LogP contribution in [0.2, 0.25) is 0 Å². The van der Waals surface area contributed by atoms with Crippen LogP contribution >= 0.6 is 11.3 Å². The molecule has 132 valence electrons. The van der Waals surface area contributed by atoms with Gasteiger partial charge in [0, 0.05) is 49.6 Å². The summed E-state index contributed by atoms with van der Waals surface area (Å²) in [4.78, 5) is 4.80. The largest absolute Gasteiger partial charge is 0.385 e. The fourth-order valence-corrected chi connectivity index (χ4v) is 5.90. The number of sulfonamides is 1. The van der Waals surface area contributed by atoms with Gasteiger partial charge in [0.2, 0.25) is 10.0 Å². The predicted molar refractivity (Wildman–Crippen MR) is 94.7 cm³/mol. The van der Waals surface area contributed by atoms with Crippen molar-refractivity contribution >= 4 is 21.4 Å². The van der Waals surface area contributed by atoms with E-state index in [1.54, 1.807) is 28.8 Å². The fourth-order valence-electron chi connectivity index (χ4n) is 2.95. The molecular formula is C16H28N2O3S2. The number of hydrogen-bond acceptors (Lipinski definition) is 5. The Morgan fingerprint density at radius 3 is 2.39 bits per heavy atom. The molecule has 0 bridgehead atoms. The summed E-state index contributed by atoms with van der Waals surface area (Å²) in [5, 5.41) is 0. The molecule has 1 saturated heterocycles. The van der Waals surface area contributed by atoms with E-state index in [1.165, 1.54) is 6.42 Å². The van der Waals surface area contributed by atoms with Gasteiger partial charge in [-0.15, -0.1) is 11.3 Å². The number of piperazine rings is 1. The molecule has 5 nitrogen and oxygen atoms in total. The van der Waals surface area contributed by atoms with Crippen molar-refractivity contribution in [3.63, 3.8) is 0 Å². The number of aryl methyl sites for hydroxylation is 2. The molecule has 0 radical (unpaired) electrons. The predicted octanol–water partition coefficient (Wildman–Crippen LogP) is 2.49. The molecule has 0 amide bonds. The third kappa shape index (κ3) is 5.00. The molecule has 0 saturated carbocycles. The minimum absolute atomic E-state index is 0.494. The molecule has 1 aliphatic heterocycles. The highest BCUT2D eigenvalue weighted by molar-refractivity contribution is 7.89. The van der Waals surface area contributed by atoms with Crippen LogP contribution in [0, 0.1) is 13.8 Å². The smallest absolute Gasteiger partial charge is 0.244 e. The van der Waals surface area contributed by atoms with Crippen LogP contribution < -0.4 is 0 Å². The lowest BCUT2D eigenvalue weighted by atomic mass is 10.2. The van der Waals surface area contributed by atoms with Gasteiger partial charge in [0.25, 0.3) is 0 Å². The van der Waals surface area contributed by atoms with Gasteiger partial charge in [-0.05, 0) is 45.7 Å². The molecule has 0 unspecified atom stereocenters. The number of rotatable bonds is 8. The number of thiophene rings is 1. The summed E-state index contributed by atoms with van der Waals surface area (Å²) in [6.45, 7) is 8.56. The average Bonchev–Trinajstić information content (AvgIpc) is 2.87. The van der Waals surface area contributed by atoms with Gasteiger partial charge in [0.15, 0.2) is 0 Å². The van der Waals surface area contributed by atoms with Crippen molar-refractivity contribution in [2.75, 3.05) is 46.4 Å². The molecular weight excluding hydrogens is 332 g/mol. The maximum absolute atomic E-state index is 12.8. The molecule has 1 fully saturated rings. The number of methoxy groups -OCH3 is 1. The van der Waals surface area contributed by atoms with Gasteiger partial charge in [-0.2, -0.15) is 4.31 Å². The van der Waals surface area contributed by atoms with Gasteiger partial charge in [-0.3, -0.25) is 0 Å². The van der Waals surface area contributed by atoms with Crippen LogP contribution in [-0.4, -0.2) is 64.1 Å². The Balaban J connectivity index is 1.83. The molecule has 7 heteroatoms. The molecule has 0 aliphatic carbocycles. The Morgan fingerprint density at radius 1 is 1.13 bits per heavy atom. The third-order valence-corrected chi connectivity index (χ3v) is 7.39. The van der Waals surface area contributed by atoms with Crippen molar-refractivity contribution in [1.82, 2.24) is 9.21 Å². The van der Waals surface area contributed by atoms with Crippen molar-refractivity contribution in [2.45, 2.75) is 38.0 Å². The number of unbranched alkanes of at least 4 members (excludes halogenated alkanes) is 2. The molecule has 23 heavy (non-hydrogen) atoms. The zero-order chi connectivity index (χ0) is 16.9. The lowest BCUT2D eigenvalue weighted by Gasteiger charge is -2.34. The van der Waals surface area contributed by atoms with Gasteiger partial charge in [0.1, 0.15) is 0 Å². The normalized spacial score (nSPS) is 17.7. The van der Waals surface area contributed by atoms with Gasteiger partial charge in [-0.25, -0.2) is 8.42 Å². The van der Waals surface area contributed by atoms with Crippen LogP contribution in [0.1, 0.15) is 29.0 Å². The van der Waals surface area contributed by atoms with Crippen molar-refractivity contribution in [3.8, 4) is 0 Å². The van der Waals surface area contributed by atoms with Crippen LogP contribution in [0.4, 0.5) is 0 Å². The Labute approximate surface area is 144 Å². The summed E-state index contributed by atoms with van der Waals surface area (Å²) in [5.41, 5.74) is 0. The van der Waals surface area contributed by atoms with E-state index in [0.717, 1.165) is 48.8 Å². The molecule has 2 rings (SSSR count). The number of ether oxygens (including phenoxy) is 1. The first-order chi connectivity index (χ1) is 10.9. The highest BCUT2D eigenvalue weighted by atomic mass is 32.2. The first kappa shape index (κ1) is 18.9. The fraction of sp³-hybridized carbons (Fsp3) is 0.750. The first-order valence-corrected chi connectivity index (χ1v) is 10.5. The van der Waals surface area contributed by atoms with E-state index >= 15 is 0 Å². The van der Waals surface area contributed by atoms with E-state index in [-0.39, 0.29) is 0 Å². The van der Waals surface area contributed by atoms with Gasteiger partial charge >= 0.3 is 0 Å². The molecule has 0 spiro atoms. The minimum atomic E-state index is -3.33. The standard InChI is InChI=1S/C16H28N2O3S2/c1-14-13-16(15(2)22-14)23(19,20)18-10-8-17(9-11-18)7-5-4-6-12-21-3/h13H,4-12H2,1-3H3. The van der Waals surface area contributed by atoms with Crippen molar-refractivity contribution in [1.29, 1.82) is 0 Å². The second-order valence-electron chi connectivity index (χ2n) is 6.08. The lowest BCUT2D eigenvalue weighted by Crippen LogP contribution is -2.48. The third-order valence-electron chi connectivity index (χ3n) is 4.27. The van der Waals surface area contributed by atoms with Crippen molar-refractivity contribution in [3.05, 3.63) is 15.8 Å². The average molecular weight is 361 g/mol. The molecule has 1 aliphatic rings. The van der Waals surface area contributed by atoms with E-state index in [1.807, 2.05) is 13.8 Å². The van der Waals surface area contributed by atoms with E-state index in [0.29, 0.717) is 18.0 Å². The molecule has 0 aromatic carbocycles. The summed E-state index contributed by atoms with van der Waals surface area (Å²) in [5.74, 6) is 0. The van der Waals surface area contributed by atoms with Gasteiger partial charge in [0.05, 0.1) is 4.90 Å². The van der Waals surface area contributed by atoms with Gasteiger partial charge in [-0.1, -0.05) is 0 Å². The molecule has 0 atom stereocenters. The molecule has 0 N–H and O–H groups in total. The molecule has 1 aromatic heterocycles. The van der Waals surface area contributed by atoms with Crippen LogP contribution in [0.15, 0.2) is 11.0 Å². The maximum Gasteiger partial charge on any atom is 0.244 e. The first-order valence-electron chi connectivity index (χ1n) is 8.23.